The molecule has 1 aromatic carbocycles. The molecule has 0 bridgehead atoms. The Morgan fingerprint density at radius 2 is 1.71 bits per heavy atom. The summed E-state index contributed by atoms with van der Waals surface area (Å²) >= 11 is 0. The maximum atomic E-state index is 12.9. The average Bonchev–Trinajstić information content (AvgIpc) is 2.94. The van der Waals surface area contributed by atoms with Crippen LogP contribution in [0.4, 0.5) is 4.79 Å². The first-order valence-corrected chi connectivity index (χ1v) is 9.05. The second-order valence-corrected chi connectivity index (χ2v) is 7.97. The molecule has 8 heteroatoms. The van der Waals surface area contributed by atoms with E-state index in [1.165, 1.54) is 4.90 Å². The highest BCUT2D eigenvalue weighted by molar-refractivity contribution is 7.91. The van der Waals surface area contributed by atoms with Crippen molar-refractivity contribution < 1.29 is 13.2 Å². The lowest BCUT2D eigenvalue weighted by Crippen LogP contribution is -2.36. The van der Waals surface area contributed by atoms with Crippen molar-refractivity contribution in [1.29, 1.82) is 0 Å². The van der Waals surface area contributed by atoms with E-state index in [1.807, 2.05) is 20.8 Å². The quantitative estimate of drug-likeness (QED) is 0.848. The SMILES string of the molecule is Cc1cc(C)c(S(=O)(=O)c2ncn(C(=O)N(C)C(C)C)n2)c(C)c1. The van der Waals surface area contributed by atoms with Crippen LogP contribution in [0, 0.1) is 20.8 Å². The molecule has 0 fully saturated rings. The Labute approximate surface area is 142 Å². The predicted molar refractivity (Wildman–Crippen MR) is 89.8 cm³/mol. The molecule has 0 saturated carbocycles. The molecule has 0 spiro atoms. The largest absolute Gasteiger partial charge is 0.346 e. The van der Waals surface area contributed by atoms with E-state index in [9.17, 15) is 13.2 Å². The highest BCUT2D eigenvalue weighted by Gasteiger charge is 2.28. The first-order chi connectivity index (χ1) is 11.1. The number of sulfone groups is 1. The van der Waals surface area contributed by atoms with Crippen LogP contribution < -0.4 is 0 Å². The fourth-order valence-corrected chi connectivity index (χ4v) is 4.06. The lowest BCUT2D eigenvalue weighted by Gasteiger charge is -2.20. The van der Waals surface area contributed by atoms with Crippen molar-refractivity contribution in [1.82, 2.24) is 19.7 Å². The molecular formula is C16H22N4O3S. The van der Waals surface area contributed by atoms with E-state index in [2.05, 4.69) is 10.1 Å². The van der Waals surface area contributed by atoms with Gasteiger partial charge in [-0.05, 0) is 45.7 Å². The van der Waals surface area contributed by atoms with Gasteiger partial charge < -0.3 is 4.90 Å². The van der Waals surface area contributed by atoms with Gasteiger partial charge in [0.1, 0.15) is 6.33 Å². The van der Waals surface area contributed by atoms with Gasteiger partial charge in [-0.2, -0.15) is 4.68 Å². The number of hydrogen-bond donors (Lipinski definition) is 0. The maximum absolute atomic E-state index is 12.9. The van der Waals surface area contributed by atoms with Crippen molar-refractivity contribution in [3.8, 4) is 0 Å². The van der Waals surface area contributed by atoms with Gasteiger partial charge in [0.05, 0.1) is 4.90 Å². The summed E-state index contributed by atoms with van der Waals surface area (Å²) < 4.78 is 26.7. The summed E-state index contributed by atoms with van der Waals surface area (Å²) in [5.74, 6) is 0. The van der Waals surface area contributed by atoms with Crippen LogP contribution in [-0.4, -0.2) is 47.2 Å². The molecule has 0 aliphatic carbocycles. The van der Waals surface area contributed by atoms with E-state index in [0.29, 0.717) is 11.1 Å². The molecule has 0 N–H and O–H groups in total. The number of aromatic nitrogens is 3. The second-order valence-electron chi connectivity index (χ2n) is 6.19. The topological polar surface area (TPSA) is 85.2 Å². The van der Waals surface area contributed by atoms with Crippen LogP contribution in [0.15, 0.2) is 28.5 Å². The summed E-state index contributed by atoms with van der Waals surface area (Å²) in [4.78, 5) is 17.7. The fraction of sp³-hybridized carbons (Fsp3) is 0.438. The van der Waals surface area contributed by atoms with Crippen molar-refractivity contribution in [2.45, 2.75) is 50.7 Å². The van der Waals surface area contributed by atoms with Crippen LogP contribution in [0.2, 0.25) is 0 Å². The van der Waals surface area contributed by atoms with Gasteiger partial charge >= 0.3 is 6.03 Å². The monoisotopic (exact) mass is 350 g/mol. The van der Waals surface area contributed by atoms with Gasteiger partial charge in [0.25, 0.3) is 5.16 Å². The molecule has 1 aromatic heterocycles. The molecule has 0 aliphatic rings. The van der Waals surface area contributed by atoms with E-state index < -0.39 is 15.9 Å². The molecule has 24 heavy (non-hydrogen) atoms. The van der Waals surface area contributed by atoms with Crippen LogP contribution in [0.25, 0.3) is 0 Å². The van der Waals surface area contributed by atoms with Crippen LogP contribution in [0.3, 0.4) is 0 Å². The van der Waals surface area contributed by atoms with Crippen LogP contribution in [0.5, 0.6) is 0 Å². The van der Waals surface area contributed by atoms with E-state index >= 15 is 0 Å². The zero-order chi connectivity index (χ0) is 18.2. The summed E-state index contributed by atoms with van der Waals surface area (Å²) in [5, 5.41) is 3.52. The molecule has 0 saturated heterocycles. The molecule has 7 nitrogen and oxygen atoms in total. The molecule has 0 unspecified atom stereocenters. The van der Waals surface area contributed by atoms with Crippen LogP contribution >= 0.6 is 0 Å². The van der Waals surface area contributed by atoms with Crippen molar-refractivity contribution in [3.05, 3.63) is 35.2 Å². The number of carbonyl (C=O) groups is 1. The van der Waals surface area contributed by atoms with Gasteiger partial charge in [0.2, 0.25) is 9.84 Å². The number of amides is 1. The normalized spacial score (nSPS) is 11.8. The highest BCUT2D eigenvalue weighted by Crippen LogP contribution is 2.26. The van der Waals surface area contributed by atoms with Crippen LogP contribution in [-0.2, 0) is 9.84 Å². The van der Waals surface area contributed by atoms with E-state index in [4.69, 9.17) is 0 Å². The molecule has 1 amide bonds. The van der Waals surface area contributed by atoms with Crippen molar-refractivity contribution in [3.63, 3.8) is 0 Å². The third kappa shape index (κ3) is 3.19. The average molecular weight is 350 g/mol. The van der Waals surface area contributed by atoms with Crippen molar-refractivity contribution in [2.75, 3.05) is 7.05 Å². The first kappa shape index (κ1) is 18.1. The van der Waals surface area contributed by atoms with Gasteiger partial charge in [-0.15, -0.1) is 5.10 Å². The maximum Gasteiger partial charge on any atom is 0.346 e. The number of benzene rings is 1. The third-order valence-electron chi connectivity index (χ3n) is 3.86. The molecule has 1 heterocycles. The number of hydrogen-bond acceptors (Lipinski definition) is 5. The molecule has 2 rings (SSSR count). The number of nitrogens with zero attached hydrogens (tertiary/aromatic N) is 4. The zero-order valence-electron chi connectivity index (χ0n) is 14.7. The van der Waals surface area contributed by atoms with Gasteiger partial charge in [-0.1, -0.05) is 17.7 Å². The standard InChI is InChI=1S/C16H22N4O3S/c1-10(2)19(6)16(21)20-9-17-15(18-20)24(22,23)14-12(4)7-11(3)8-13(14)5/h7-10H,1-6H3. The zero-order valence-corrected chi connectivity index (χ0v) is 15.5. The van der Waals surface area contributed by atoms with Crippen LogP contribution in [0.1, 0.15) is 30.5 Å². The molecular weight excluding hydrogens is 328 g/mol. The smallest absolute Gasteiger partial charge is 0.323 e. The predicted octanol–water partition coefficient (Wildman–Crippen LogP) is 2.34. The third-order valence-corrected chi connectivity index (χ3v) is 5.71. The molecule has 0 radical (unpaired) electrons. The summed E-state index contributed by atoms with van der Waals surface area (Å²) in [6.45, 7) is 9.09. The second kappa shape index (κ2) is 6.35. The molecule has 130 valence electrons. The minimum absolute atomic E-state index is 0.0386. The lowest BCUT2D eigenvalue weighted by molar-refractivity contribution is 0.195. The Balaban J connectivity index is 2.48. The molecule has 2 aromatic rings. The number of aryl methyl sites for hydroxylation is 3. The minimum Gasteiger partial charge on any atom is -0.323 e. The Morgan fingerprint density at radius 1 is 1.17 bits per heavy atom. The Bertz CT molecular complexity index is 861. The van der Waals surface area contributed by atoms with Gasteiger partial charge in [-0.25, -0.2) is 18.2 Å². The van der Waals surface area contributed by atoms with Gasteiger partial charge in [0.15, 0.2) is 0 Å². The van der Waals surface area contributed by atoms with Crippen molar-refractivity contribution in [2.24, 2.45) is 0 Å². The van der Waals surface area contributed by atoms with Crippen molar-refractivity contribution >= 4 is 15.9 Å². The van der Waals surface area contributed by atoms with Gasteiger partial charge in [-0.3, -0.25) is 0 Å². The van der Waals surface area contributed by atoms with Gasteiger partial charge in [0, 0.05) is 13.1 Å². The molecule has 0 aliphatic heterocycles. The number of carbonyl (C=O) groups excluding carboxylic acids is 1. The minimum atomic E-state index is -3.89. The Hall–Kier alpha value is -2.22. The molecule has 0 atom stereocenters. The van der Waals surface area contributed by atoms with E-state index in [-0.39, 0.29) is 16.1 Å². The van der Waals surface area contributed by atoms with E-state index in [0.717, 1.165) is 16.6 Å². The highest BCUT2D eigenvalue weighted by atomic mass is 32.2. The summed E-state index contributed by atoms with van der Waals surface area (Å²) in [5.41, 5.74) is 2.25. The number of rotatable bonds is 3. The Morgan fingerprint density at radius 3 is 2.21 bits per heavy atom. The fourth-order valence-electron chi connectivity index (χ4n) is 2.53. The first-order valence-electron chi connectivity index (χ1n) is 7.57. The summed E-state index contributed by atoms with van der Waals surface area (Å²) in [6, 6.07) is 3.13. The lowest BCUT2D eigenvalue weighted by atomic mass is 10.1. The Kier molecular flexibility index (Phi) is 4.80. The summed E-state index contributed by atoms with van der Waals surface area (Å²) in [6.07, 6.45) is 1.13. The summed E-state index contributed by atoms with van der Waals surface area (Å²) in [7, 11) is -2.27. The van der Waals surface area contributed by atoms with E-state index in [1.54, 1.807) is 33.0 Å².